The van der Waals surface area contributed by atoms with Gasteiger partial charge < -0.3 is 11.1 Å². The Bertz CT molecular complexity index is 486. The van der Waals surface area contributed by atoms with Crippen molar-refractivity contribution in [3.63, 3.8) is 0 Å². The summed E-state index contributed by atoms with van der Waals surface area (Å²) in [6.07, 6.45) is 5.94. The van der Waals surface area contributed by atoms with Crippen LogP contribution < -0.4 is 11.1 Å². The number of aryl methyl sites for hydroxylation is 2. The van der Waals surface area contributed by atoms with Crippen molar-refractivity contribution in [2.75, 3.05) is 6.54 Å². The normalized spacial score (nSPS) is 25.6. The highest BCUT2D eigenvalue weighted by Gasteiger charge is 2.37. The maximum atomic E-state index is 12.3. The molecule has 0 saturated heterocycles. The molecule has 0 spiro atoms. The summed E-state index contributed by atoms with van der Waals surface area (Å²) in [5.41, 5.74) is 8.32. The Labute approximate surface area is 128 Å². The summed E-state index contributed by atoms with van der Waals surface area (Å²) >= 11 is 0. The first-order valence-electron chi connectivity index (χ1n) is 8.13. The van der Waals surface area contributed by atoms with E-state index in [2.05, 4.69) is 31.3 Å². The molecule has 3 nitrogen and oxygen atoms in total. The number of carbonyl (C=O) groups excluding carboxylic acids is 1. The molecule has 2 rings (SSSR count). The fourth-order valence-corrected chi connectivity index (χ4v) is 3.43. The van der Waals surface area contributed by atoms with Gasteiger partial charge in [0.05, 0.1) is 5.54 Å². The zero-order chi connectivity index (χ0) is 15.3. The van der Waals surface area contributed by atoms with Crippen molar-refractivity contribution in [2.24, 2.45) is 11.7 Å². The number of nitrogens with two attached hydrogens (primary N) is 1. The van der Waals surface area contributed by atoms with Crippen molar-refractivity contribution < 1.29 is 4.79 Å². The van der Waals surface area contributed by atoms with Gasteiger partial charge in [0, 0.05) is 13.0 Å². The lowest BCUT2D eigenvalue weighted by Gasteiger charge is -2.42. The van der Waals surface area contributed by atoms with E-state index in [0.29, 0.717) is 18.9 Å². The van der Waals surface area contributed by atoms with Crippen LogP contribution in [0.25, 0.3) is 0 Å². The van der Waals surface area contributed by atoms with E-state index in [1.165, 1.54) is 24.0 Å². The van der Waals surface area contributed by atoms with Crippen LogP contribution in [0, 0.1) is 12.8 Å². The average molecular weight is 288 g/mol. The van der Waals surface area contributed by atoms with Crippen molar-refractivity contribution in [3.8, 4) is 0 Å². The number of carbonyl (C=O) groups is 1. The van der Waals surface area contributed by atoms with Crippen molar-refractivity contribution in [2.45, 2.75) is 57.9 Å². The van der Waals surface area contributed by atoms with Gasteiger partial charge in [-0.05, 0) is 43.2 Å². The molecule has 2 unspecified atom stereocenters. The summed E-state index contributed by atoms with van der Waals surface area (Å²) in [4.78, 5) is 12.3. The highest BCUT2D eigenvalue weighted by Crippen LogP contribution is 2.33. The average Bonchev–Trinajstić information content (AvgIpc) is 2.49. The van der Waals surface area contributed by atoms with Gasteiger partial charge in [0.15, 0.2) is 0 Å². The smallest absolute Gasteiger partial charge is 0.220 e. The third-order valence-corrected chi connectivity index (χ3v) is 5.09. The first kappa shape index (κ1) is 16.0. The number of rotatable bonds is 5. The minimum absolute atomic E-state index is 0.137. The van der Waals surface area contributed by atoms with Crippen molar-refractivity contribution in [3.05, 3.63) is 35.4 Å². The van der Waals surface area contributed by atoms with Crippen LogP contribution in [-0.2, 0) is 11.2 Å². The molecule has 2 atom stereocenters. The van der Waals surface area contributed by atoms with Crippen LogP contribution in [0.5, 0.6) is 0 Å². The van der Waals surface area contributed by atoms with Crippen molar-refractivity contribution >= 4 is 5.91 Å². The zero-order valence-corrected chi connectivity index (χ0v) is 13.3. The lowest BCUT2D eigenvalue weighted by molar-refractivity contribution is -0.124. The molecule has 1 aliphatic carbocycles. The fraction of sp³-hybridized carbons (Fsp3) is 0.611. The Morgan fingerprint density at radius 2 is 2.14 bits per heavy atom. The Morgan fingerprint density at radius 1 is 1.38 bits per heavy atom. The molecular formula is C18H28N2O. The van der Waals surface area contributed by atoms with Gasteiger partial charge in [-0.3, -0.25) is 4.79 Å². The maximum absolute atomic E-state index is 12.3. The van der Waals surface area contributed by atoms with Crippen LogP contribution in [-0.4, -0.2) is 18.0 Å². The van der Waals surface area contributed by atoms with Crippen molar-refractivity contribution in [1.82, 2.24) is 5.32 Å². The molecule has 1 fully saturated rings. The van der Waals surface area contributed by atoms with Crippen LogP contribution in [0.3, 0.4) is 0 Å². The molecule has 0 radical (unpaired) electrons. The summed E-state index contributed by atoms with van der Waals surface area (Å²) in [5.74, 6) is 0.608. The molecule has 0 aliphatic heterocycles. The van der Waals surface area contributed by atoms with Gasteiger partial charge >= 0.3 is 0 Å². The molecule has 0 heterocycles. The Kier molecular flexibility index (Phi) is 5.40. The highest BCUT2D eigenvalue weighted by molar-refractivity contribution is 5.77. The quantitative estimate of drug-likeness (QED) is 0.875. The van der Waals surface area contributed by atoms with Crippen LogP contribution in [0.4, 0.5) is 0 Å². The second-order valence-corrected chi connectivity index (χ2v) is 6.48. The topological polar surface area (TPSA) is 55.1 Å². The molecule has 0 bridgehead atoms. The Balaban J connectivity index is 1.93. The summed E-state index contributed by atoms with van der Waals surface area (Å²) in [7, 11) is 0. The first-order valence-corrected chi connectivity index (χ1v) is 8.13. The van der Waals surface area contributed by atoms with Gasteiger partial charge in [0.2, 0.25) is 5.91 Å². The standard InChI is InChI=1S/C18H28N2O/c1-14-7-3-4-9-16(14)10-11-17(21)20-18(13-19)12-6-5-8-15(18)2/h3-4,7,9,15H,5-6,8,10-13,19H2,1-2H3,(H,20,21). The third kappa shape index (κ3) is 3.85. The van der Waals surface area contributed by atoms with Gasteiger partial charge in [0.25, 0.3) is 0 Å². The van der Waals surface area contributed by atoms with Gasteiger partial charge in [-0.25, -0.2) is 0 Å². The van der Waals surface area contributed by atoms with Crippen LogP contribution >= 0.6 is 0 Å². The second kappa shape index (κ2) is 7.08. The molecule has 1 aromatic rings. The second-order valence-electron chi connectivity index (χ2n) is 6.48. The van der Waals surface area contributed by atoms with E-state index >= 15 is 0 Å². The molecule has 0 aromatic heterocycles. The maximum Gasteiger partial charge on any atom is 0.220 e. The largest absolute Gasteiger partial charge is 0.349 e. The minimum Gasteiger partial charge on any atom is -0.349 e. The third-order valence-electron chi connectivity index (χ3n) is 5.09. The predicted molar refractivity (Wildman–Crippen MR) is 87.1 cm³/mol. The van der Waals surface area contributed by atoms with E-state index in [1.54, 1.807) is 0 Å². The molecule has 116 valence electrons. The number of nitrogens with one attached hydrogen (secondary N) is 1. The first-order chi connectivity index (χ1) is 10.1. The Morgan fingerprint density at radius 3 is 2.81 bits per heavy atom. The van der Waals surface area contributed by atoms with E-state index in [1.807, 2.05) is 12.1 Å². The SMILES string of the molecule is Cc1ccccc1CCC(=O)NC1(CN)CCCCC1C. The van der Waals surface area contributed by atoms with Gasteiger partial charge in [0.1, 0.15) is 0 Å². The molecule has 1 saturated carbocycles. The predicted octanol–water partition coefficient (Wildman–Crippen LogP) is 2.95. The van der Waals surface area contributed by atoms with E-state index in [9.17, 15) is 4.79 Å². The molecule has 3 heteroatoms. The molecule has 1 aromatic carbocycles. The zero-order valence-electron chi connectivity index (χ0n) is 13.3. The molecule has 1 amide bonds. The highest BCUT2D eigenvalue weighted by atomic mass is 16.1. The number of hydrogen-bond donors (Lipinski definition) is 2. The molecular weight excluding hydrogens is 260 g/mol. The van der Waals surface area contributed by atoms with E-state index in [4.69, 9.17) is 5.73 Å². The molecule has 3 N–H and O–H groups in total. The van der Waals surface area contributed by atoms with Crippen molar-refractivity contribution in [1.29, 1.82) is 0 Å². The van der Waals surface area contributed by atoms with E-state index < -0.39 is 0 Å². The summed E-state index contributed by atoms with van der Waals surface area (Å²) < 4.78 is 0. The van der Waals surface area contributed by atoms with E-state index in [-0.39, 0.29) is 11.4 Å². The van der Waals surface area contributed by atoms with Gasteiger partial charge in [-0.2, -0.15) is 0 Å². The van der Waals surface area contributed by atoms with Crippen LogP contribution in [0.1, 0.15) is 50.2 Å². The Hall–Kier alpha value is -1.35. The summed E-state index contributed by atoms with van der Waals surface area (Å²) in [6, 6.07) is 8.26. The van der Waals surface area contributed by atoms with Crippen LogP contribution in [0.2, 0.25) is 0 Å². The van der Waals surface area contributed by atoms with E-state index in [0.717, 1.165) is 19.3 Å². The number of amides is 1. The minimum atomic E-state index is -0.179. The monoisotopic (exact) mass is 288 g/mol. The molecule has 21 heavy (non-hydrogen) atoms. The van der Waals surface area contributed by atoms with Crippen LogP contribution in [0.15, 0.2) is 24.3 Å². The lowest BCUT2D eigenvalue weighted by atomic mass is 9.73. The summed E-state index contributed by atoms with van der Waals surface area (Å²) in [6.45, 7) is 4.86. The lowest BCUT2D eigenvalue weighted by Crippen LogP contribution is -2.59. The van der Waals surface area contributed by atoms with Gasteiger partial charge in [-0.15, -0.1) is 0 Å². The summed E-state index contributed by atoms with van der Waals surface area (Å²) in [5, 5.41) is 3.26. The van der Waals surface area contributed by atoms with Gasteiger partial charge in [-0.1, -0.05) is 44.0 Å². The molecule has 1 aliphatic rings. The fourth-order valence-electron chi connectivity index (χ4n) is 3.43. The number of hydrogen-bond acceptors (Lipinski definition) is 2. The number of benzene rings is 1.